The molecule has 2 heteroatoms. The number of hydrogen-bond acceptors (Lipinski definition) is 2. The zero-order chi connectivity index (χ0) is 8.48. The van der Waals surface area contributed by atoms with Crippen LogP contribution in [0, 0.1) is 11.3 Å². The summed E-state index contributed by atoms with van der Waals surface area (Å²) < 4.78 is 5.56. The van der Waals surface area contributed by atoms with Crippen molar-refractivity contribution in [3.63, 3.8) is 0 Å². The molecule has 0 saturated carbocycles. The largest absolute Gasteiger partial charge is 0.396 e. The van der Waals surface area contributed by atoms with Crippen molar-refractivity contribution in [3.05, 3.63) is 0 Å². The number of aliphatic hydroxyl groups excluding tert-OH is 1. The molecule has 1 aliphatic rings. The highest BCUT2D eigenvalue weighted by Crippen LogP contribution is 2.34. The maximum atomic E-state index is 8.89. The predicted octanol–water partition coefficient (Wildman–Crippen LogP) is 1.43. The Morgan fingerprint density at radius 1 is 1.64 bits per heavy atom. The van der Waals surface area contributed by atoms with Crippen LogP contribution in [0.1, 0.15) is 27.2 Å². The number of ether oxygens (including phenoxy) is 1. The molecule has 0 bridgehead atoms. The Kier molecular flexibility index (Phi) is 2.55. The maximum absolute atomic E-state index is 8.89. The summed E-state index contributed by atoms with van der Waals surface area (Å²) in [6.07, 6.45) is 1.35. The van der Waals surface area contributed by atoms with E-state index >= 15 is 0 Å². The Morgan fingerprint density at radius 2 is 2.27 bits per heavy atom. The first-order valence-corrected chi connectivity index (χ1v) is 4.27. The number of rotatable bonds is 2. The zero-order valence-electron chi connectivity index (χ0n) is 7.63. The molecule has 0 spiro atoms. The molecule has 1 heterocycles. The van der Waals surface area contributed by atoms with Gasteiger partial charge in [-0.05, 0) is 11.8 Å². The highest BCUT2D eigenvalue weighted by Gasteiger charge is 2.34. The lowest BCUT2D eigenvalue weighted by atomic mass is 9.87. The topological polar surface area (TPSA) is 29.5 Å². The first-order valence-electron chi connectivity index (χ1n) is 4.27. The van der Waals surface area contributed by atoms with Gasteiger partial charge in [-0.25, -0.2) is 0 Å². The summed E-state index contributed by atoms with van der Waals surface area (Å²) in [6, 6.07) is 0. The van der Waals surface area contributed by atoms with E-state index in [1.807, 2.05) is 6.92 Å². The maximum Gasteiger partial charge on any atom is 0.0628 e. The van der Waals surface area contributed by atoms with Crippen LogP contribution < -0.4 is 0 Å². The lowest BCUT2D eigenvalue weighted by Crippen LogP contribution is -2.20. The molecule has 66 valence electrons. The summed E-state index contributed by atoms with van der Waals surface area (Å²) in [7, 11) is 0. The van der Waals surface area contributed by atoms with Gasteiger partial charge in [-0.3, -0.25) is 0 Å². The second-order valence-electron chi connectivity index (χ2n) is 4.38. The van der Waals surface area contributed by atoms with Gasteiger partial charge in [-0.2, -0.15) is 0 Å². The number of aliphatic hydroxyl groups is 1. The third kappa shape index (κ3) is 2.17. The first kappa shape index (κ1) is 9.01. The van der Waals surface area contributed by atoms with Crippen molar-refractivity contribution >= 4 is 0 Å². The molecule has 1 fully saturated rings. The second kappa shape index (κ2) is 3.11. The van der Waals surface area contributed by atoms with Crippen LogP contribution in [-0.4, -0.2) is 24.4 Å². The molecule has 1 unspecified atom stereocenters. The van der Waals surface area contributed by atoms with Gasteiger partial charge < -0.3 is 9.84 Å². The fraction of sp³-hybridized carbons (Fsp3) is 1.00. The summed E-state index contributed by atoms with van der Waals surface area (Å²) in [5, 5.41) is 8.89. The monoisotopic (exact) mass is 158 g/mol. The normalized spacial score (nSPS) is 32.2. The molecule has 0 amide bonds. The van der Waals surface area contributed by atoms with Gasteiger partial charge in [0.1, 0.15) is 0 Å². The summed E-state index contributed by atoms with van der Waals surface area (Å²) >= 11 is 0. The molecule has 0 aromatic heterocycles. The van der Waals surface area contributed by atoms with E-state index in [1.54, 1.807) is 0 Å². The van der Waals surface area contributed by atoms with Crippen LogP contribution in [0.25, 0.3) is 0 Å². The lowest BCUT2D eigenvalue weighted by molar-refractivity contribution is 0.0409. The summed E-state index contributed by atoms with van der Waals surface area (Å²) in [6.45, 7) is 7.52. The summed E-state index contributed by atoms with van der Waals surface area (Å²) in [5.41, 5.74) is 0.314. The van der Waals surface area contributed by atoms with E-state index in [4.69, 9.17) is 9.84 Å². The van der Waals surface area contributed by atoms with E-state index in [0.717, 1.165) is 13.0 Å². The van der Waals surface area contributed by atoms with Crippen LogP contribution in [0.15, 0.2) is 0 Å². The van der Waals surface area contributed by atoms with Crippen molar-refractivity contribution in [1.82, 2.24) is 0 Å². The SMILES string of the molecule is C[C@H](CO)C1CC(C)(C)CO1. The minimum absolute atomic E-state index is 0.237. The molecule has 1 saturated heterocycles. The Balaban J connectivity index is 2.41. The molecule has 2 atom stereocenters. The Morgan fingerprint density at radius 3 is 2.64 bits per heavy atom. The van der Waals surface area contributed by atoms with Gasteiger partial charge in [0.05, 0.1) is 12.7 Å². The standard InChI is InChI=1S/C9H18O2/c1-7(5-10)8-4-9(2,3)6-11-8/h7-8,10H,4-6H2,1-3H3/t7-,8?/m1/s1. The summed E-state index contributed by atoms with van der Waals surface area (Å²) in [5.74, 6) is 0.289. The molecular weight excluding hydrogens is 140 g/mol. The predicted molar refractivity (Wildman–Crippen MR) is 44.4 cm³/mol. The van der Waals surface area contributed by atoms with E-state index in [-0.39, 0.29) is 18.6 Å². The van der Waals surface area contributed by atoms with Crippen LogP contribution in [0.3, 0.4) is 0 Å². The van der Waals surface area contributed by atoms with Crippen LogP contribution in [-0.2, 0) is 4.74 Å². The van der Waals surface area contributed by atoms with Crippen LogP contribution >= 0.6 is 0 Å². The van der Waals surface area contributed by atoms with Gasteiger partial charge in [-0.15, -0.1) is 0 Å². The molecule has 11 heavy (non-hydrogen) atoms. The number of hydrogen-bond donors (Lipinski definition) is 1. The third-order valence-electron chi connectivity index (χ3n) is 2.36. The Hall–Kier alpha value is -0.0800. The summed E-state index contributed by atoms with van der Waals surface area (Å²) in [4.78, 5) is 0. The van der Waals surface area contributed by atoms with Crippen molar-refractivity contribution in [2.24, 2.45) is 11.3 Å². The van der Waals surface area contributed by atoms with Gasteiger partial charge in [0, 0.05) is 12.5 Å². The third-order valence-corrected chi connectivity index (χ3v) is 2.36. The Bertz CT molecular complexity index is 132. The van der Waals surface area contributed by atoms with E-state index < -0.39 is 0 Å². The van der Waals surface area contributed by atoms with Crippen molar-refractivity contribution in [1.29, 1.82) is 0 Å². The highest BCUT2D eigenvalue weighted by atomic mass is 16.5. The van der Waals surface area contributed by atoms with Gasteiger partial charge in [0.2, 0.25) is 0 Å². The molecular formula is C9H18O2. The van der Waals surface area contributed by atoms with Gasteiger partial charge in [0.25, 0.3) is 0 Å². The second-order valence-corrected chi connectivity index (χ2v) is 4.38. The minimum Gasteiger partial charge on any atom is -0.396 e. The Labute approximate surface area is 68.6 Å². The highest BCUT2D eigenvalue weighted by molar-refractivity contribution is 4.82. The fourth-order valence-electron chi connectivity index (χ4n) is 1.48. The van der Waals surface area contributed by atoms with Gasteiger partial charge in [0.15, 0.2) is 0 Å². The van der Waals surface area contributed by atoms with Crippen molar-refractivity contribution in [2.75, 3.05) is 13.2 Å². The van der Waals surface area contributed by atoms with E-state index in [0.29, 0.717) is 5.41 Å². The van der Waals surface area contributed by atoms with Crippen LogP contribution in [0.4, 0.5) is 0 Å². The van der Waals surface area contributed by atoms with Crippen molar-refractivity contribution in [3.8, 4) is 0 Å². The molecule has 0 aromatic carbocycles. The van der Waals surface area contributed by atoms with Gasteiger partial charge in [-0.1, -0.05) is 20.8 Å². The van der Waals surface area contributed by atoms with E-state index in [2.05, 4.69) is 13.8 Å². The molecule has 1 aliphatic heterocycles. The average molecular weight is 158 g/mol. The van der Waals surface area contributed by atoms with Crippen molar-refractivity contribution in [2.45, 2.75) is 33.3 Å². The first-order chi connectivity index (χ1) is 5.05. The molecule has 0 aliphatic carbocycles. The van der Waals surface area contributed by atoms with Crippen LogP contribution in [0.5, 0.6) is 0 Å². The van der Waals surface area contributed by atoms with E-state index in [1.165, 1.54) is 0 Å². The van der Waals surface area contributed by atoms with Crippen molar-refractivity contribution < 1.29 is 9.84 Å². The average Bonchev–Trinajstić information content (AvgIpc) is 2.29. The molecule has 0 radical (unpaired) electrons. The van der Waals surface area contributed by atoms with E-state index in [9.17, 15) is 0 Å². The minimum atomic E-state index is 0.237. The molecule has 1 rings (SSSR count). The smallest absolute Gasteiger partial charge is 0.0628 e. The van der Waals surface area contributed by atoms with Crippen LogP contribution in [0.2, 0.25) is 0 Å². The molecule has 2 nitrogen and oxygen atoms in total. The fourth-order valence-corrected chi connectivity index (χ4v) is 1.48. The van der Waals surface area contributed by atoms with Gasteiger partial charge >= 0.3 is 0 Å². The molecule has 0 aromatic rings. The lowest BCUT2D eigenvalue weighted by Gasteiger charge is -2.17. The zero-order valence-corrected chi connectivity index (χ0v) is 7.63. The quantitative estimate of drug-likeness (QED) is 0.658. The molecule has 1 N–H and O–H groups in total.